The van der Waals surface area contributed by atoms with Crippen LogP contribution < -0.4 is 10.5 Å². The molecule has 0 aliphatic rings. The summed E-state index contributed by atoms with van der Waals surface area (Å²) < 4.78 is 31.2. The first-order valence-electron chi connectivity index (χ1n) is 6.95. The van der Waals surface area contributed by atoms with Crippen molar-refractivity contribution in [2.24, 2.45) is 0 Å². The maximum atomic E-state index is 12.1. The number of hydrogen-bond acceptors (Lipinski definition) is 4. The van der Waals surface area contributed by atoms with E-state index in [4.69, 9.17) is 10.5 Å². The van der Waals surface area contributed by atoms with Crippen LogP contribution in [0.4, 0.5) is 5.69 Å². The van der Waals surface area contributed by atoms with E-state index >= 15 is 0 Å². The highest BCUT2D eigenvalue weighted by Gasteiger charge is 2.19. The van der Waals surface area contributed by atoms with Gasteiger partial charge in [-0.25, -0.2) is 12.7 Å². The third kappa shape index (κ3) is 5.38. The second-order valence-corrected chi connectivity index (χ2v) is 6.67. The van der Waals surface area contributed by atoms with Crippen LogP contribution in [0.25, 0.3) is 0 Å². The zero-order chi connectivity index (χ0) is 15.0. The molecule has 20 heavy (non-hydrogen) atoms. The topological polar surface area (TPSA) is 72.6 Å². The lowest BCUT2D eigenvalue weighted by Gasteiger charge is -2.20. The highest BCUT2D eigenvalue weighted by Crippen LogP contribution is 2.13. The van der Waals surface area contributed by atoms with Crippen molar-refractivity contribution in [1.29, 1.82) is 0 Å². The van der Waals surface area contributed by atoms with E-state index in [0.29, 0.717) is 24.5 Å². The molecule has 0 unspecified atom stereocenters. The fourth-order valence-electron chi connectivity index (χ4n) is 1.79. The summed E-state index contributed by atoms with van der Waals surface area (Å²) in [5.74, 6) is 0.626. The molecule has 2 N–H and O–H groups in total. The van der Waals surface area contributed by atoms with Gasteiger partial charge in [0.25, 0.3) is 0 Å². The highest BCUT2D eigenvalue weighted by molar-refractivity contribution is 7.89. The highest BCUT2D eigenvalue weighted by atomic mass is 32.2. The molecule has 0 radical (unpaired) electrons. The van der Waals surface area contributed by atoms with Gasteiger partial charge in [-0.05, 0) is 30.7 Å². The number of rotatable bonds is 9. The van der Waals surface area contributed by atoms with Gasteiger partial charge in [-0.1, -0.05) is 20.3 Å². The molecule has 0 saturated carbocycles. The molecule has 1 rings (SSSR count). The summed E-state index contributed by atoms with van der Waals surface area (Å²) in [5.41, 5.74) is 6.23. The molecule has 0 saturated heterocycles. The van der Waals surface area contributed by atoms with Gasteiger partial charge in [0, 0.05) is 18.8 Å². The number of nitrogen functional groups attached to an aromatic ring is 1. The first kappa shape index (κ1) is 16.8. The van der Waals surface area contributed by atoms with Gasteiger partial charge in [0.15, 0.2) is 0 Å². The Bertz CT molecular complexity index is 486. The van der Waals surface area contributed by atoms with Gasteiger partial charge < -0.3 is 10.5 Å². The average molecular weight is 300 g/mol. The predicted molar refractivity (Wildman–Crippen MR) is 82.3 cm³/mol. The van der Waals surface area contributed by atoms with Crippen LogP contribution in [-0.4, -0.2) is 38.2 Å². The van der Waals surface area contributed by atoms with Crippen LogP contribution in [0.3, 0.4) is 0 Å². The van der Waals surface area contributed by atoms with E-state index < -0.39 is 10.0 Å². The Morgan fingerprint density at radius 1 is 1.20 bits per heavy atom. The zero-order valence-electron chi connectivity index (χ0n) is 12.2. The van der Waals surface area contributed by atoms with Gasteiger partial charge in [0.2, 0.25) is 10.0 Å². The Morgan fingerprint density at radius 3 is 2.40 bits per heavy atom. The van der Waals surface area contributed by atoms with E-state index in [9.17, 15) is 8.42 Å². The molecule has 114 valence electrons. The Kier molecular flexibility index (Phi) is 6.81. The van der Waals surface area contributed by atoms with Crippen LogP contribution in [-0.2, 0) is 10.0 Å². The lowest BCUT2D eigenvalue weighted by atomic mass is 10.3. The van der Waals surface area contributed by atoms with Crippen LogP contribution in [0.5, 0.6) is 5.75 Å². The number of ether oxygens (including phenoxy) is 1. The Labute approximate surface area is 121 Å². The van der Waals surface area contributed by atoms with Crippen LogP contribution in [0, 0.1) is 0 Å². The molecular weight excluding hydrogens is 276 g/mol. The molecular formula is C14H24N2O3S. The van der Waals surface area contributed by atoms with Crippen molar-refractivity contribution >= 4 is 15.7 Å². The van der Waals surface area contributed by atoms with Gasteiger partial charge in [0.05, 0.1) is 5.75 Å². The standard InChI is InChI=1S/C14H24N2O3S/c1-3-5-10-16(4-2)20(17,18)12-11-19-14-8-6-13(15)7-9-14/h6-9H,3-5,10-12,15H2,1-2H3. The summed E-state index contributed by atoms with van der Waals surface area (Å²) >= 11 is 0. The van der Waals surface area contributed by atoms with Crippen molar-refractivity contribution in [3.05, 3.63) is 24.3 Å². The summed E-state index contributed by atoms with van der Waals surface area (Å²) in [6.07, 6.45) is 1.86. The minimum Gasteiger partial charge on any atom is -0.492 e. The van der Waals surface area contributed by atoms with Gasteiger partial charge >= 0.3 is 0 Å². The van der Waals surface area contributed by atoms with Gasteiger partial charge in [-0.15, -0.1) is 0 Å². The second-order valence-electron chi connectivity index (χ2n) is 4.58. The Balaban J connectivity index is 2.47. The van der Waals surface area contributed by atoms with E-state index in [2.05, 4.69) is 0 Å². The molecule has 0 aliphatic heterocycles. The minimum atomic E-state index is -3.24. The molecule has 0 bridgehead atoms. The number of benzene rings is 1. The number of hydrogen-bond donors (Lipinski definition) is 1. The normalized spacial score (nSPS) is 11.8. The summed E-state index contributed by atoms with van der Waals surface area (Å²) in [4.78, 5) is 0. The Morgan fingerprint density at radius 2 is 1.85 bits per heavy atom. The van der Waals surface area contributed by atoms with Crippen molar-refractivity contribution in [1.82, 2.24) is 4.31 Å². The third-order valence-corrected chi connectivity index (χ3v) is 4.91. The van der Waals surface area contributed by atoms with Crippen molar-refractivity contribution < 1.29 is 13.2 Å². The maximum Gasteiger partial charge on any atom is 0.217 e. The molecule has 0 spiro atoms. The van der Waals surface area contributed by atoms with E-state index in [1.54, 1.807) is 24.3 Å². The molecule has 6 heteroatoms. The van der Waals surface area contributed by atoms with Crippen LogP contribution in [0.15, 0.2) is 24.3 Å². The molecule has 1 aromatic rings. The Hall–Kier alpha value is -1.27. The summed E-state index contributed by atoms with van der Waals surface area (Å²) in [6.45, 7) is 5.13. The number of anilines is 1. The molecule has 0 fully saturated rings. The van der Waals surface area contributed by atoms with Crippen LogP contribution in [0.2, 0.25) is 0 Å². The number of nitrogens with two attached hydrogens (primary N) is 1. The molecule has 0 heterocycles. The quantitative estimate of drug-likeness (QED) is 0.709. The fraction of sp³-hybridized carbons (Fsp3) is 0.571. The molecule has 0 atom stereocenters. The van der Waals surface area contributed by atoms with Crippen molar-refractivity contribution in [3.63, 3.8) is 0 Å². The third-order valence-electron chi connectivity index (χ3n) is 3.00. The molecule has 5 nitrogen and oxygen atoms in total. The van der Waals surface area contributed by atoms with Crippen molar-refractivity contribution in [2.45, 2.75) is 26.7 Å². The van der Waals surface area contributed by atoms with Gasteiger partial charge in [-0.2, -0.15) is 0 Å². The summed E-state index contributed by atoms with van der Waals surface area (Å²) in [7, 11) is -3.24. The molecule has 0 aliphatic carbocycles. The lowest BCUT2D eigenvalue weighted by Crippen LogP contribution is -2.35. The zero-order valence-corrected chi connectivity index (χ0v) is 13.0. The van der Waals surface area contributed by atoms with Gasteiger partial charge in [-0.3, -0.25) is 0 Å². The maximum absolute atomic E-state index is 12.1. The van der Waals surface area contributed by atoms with Gasteiger partial charge in [0.1, 0.15) is 12.4 Å². The monoisotopic (exact) mass is 300 g/mol. The smallest absolute Gasteiger partial charge is 0.217 e. The molecule has 0 aromatic heterocycles. The van der Waals surface area contributed by atoms with Crippen LogP contribution >= 0.6 is 0 Å². The van der Waals surface area contributed by atoms with E-state index in [1.165, 1.54) is 4.31 Å². The van der Waals surface area contributed by atoms with E-state index in [0.717, 1.165) is 12.8 Å². The largest absolute Gasteiger partial charge is 0.492 e. The van der Waals surface area contributed by atoms with E-state index in [-0.39, 0.29) is 12.4 Å². The van der Waals surface area contributed by atoms with E-state index in [1.807, 2.05) is 13.8 Å². The first-order chi connectivity index (χ1) is 9.49. The second kappa shape index (κ2) is 8.11. The average Bonchev–Trinajstić information content (AvgIpc) is 2.41. The molecule has 0 amide bonds. The summed E-state index contributed by atoms with van der Waals surface area (Å²) in [6, 6.07) is 6.92. The van der Waals surface area contributed by atoms with Crippen molar-refractivity contribution in [3.8, 4) is 5.75 Å². The predicted octanol–water partition coefficient (Wildman–Crippen LogP) is 2.10. The fourth-order valence-corrected chi connectivity index (χ4v) is 3.14. The summed E-state index contributed by atoms with van der Waals surface area (Å²) in [5, 5.41) is 0. The number of sulfonamides is 1. The first-order valence-corrected chi connectivity index (χ1v) is 8.56. The van der Waals surface area contributed by atoms with Crippen molar-refractivity contribution in [2.75, 3.05) is 31.2 Å². The number of unbranched alkanes of at least 4 members (excludes halogenated alkanes) is 1. The molecule has 1 aromatic carbocycles. The SMILES string of the molecule is CCCCN(CC)S(=O)(=O)CCOc1ccc(N)cc1. The lowest BCUT2D eigenvalue weighted by molar-refractivity contribution is 0.334. The number of nitrogens with zero attached hydrogens (tertiary/aromatic N) is 1. The minimum absolute atomic E-state index is 0.00503. The van der Waals surface area contributed by atoms with Crippen LogP contribution in [0.1, 0.15) is 26.7 Å².